The van der Waals surface area contributed by atoms with Gasteiger partial charge in [-0.05, 0) is 51.8 Å². The number of halogens is 2. The van der Waals surface area contributed by atoms with Gasteiger partial charge in [-0.25, -0.2) is 9.79 Å². The fourth-order valence-electron chi connectivity index (χ4n) is 1.91. The standard InChI is InChI=1S/C16H9Br2NO2/c17-11-5-3-4-10(8-11)9-14-16(20)21-15(19-14)12-6-1-2-7-13(12)18/h1-9H/b14-9+. The zero-order valence-electron chi connectivity index (χ0n) is 10.7. The summed E-state index contributed by atoms with van der Waals surface area (Å²) < 4.78 is 7.02. The van der Waals surface area contributed by atoms with E-state index in [1.807, 2.05) is 48.5 Å². The maximum atomic E-state index is 11.9. The Balaban J connectivity index is 1.98. The van der Waals surface area contributed by atoms with E-state index >= 15 is 0 Å². The molecule has 0 saturated carbocycles. The summed E-state index contributed by atoms with van der Waals surface area (Å²) in [6.07, 6.45) is 1.71. The van der Waals surface area contributed by atoms with Crippen molar-refractivity contribution in [3.8, 4) is 0 Å². The van der Waals surface area contributed by atoms with E-state index in [0.717, 1.165) is 20.1 Å². The maximum Gasteiger partial charge on any atom is 0.363 e. The molecule has 5 heteroatoms. The Kier molecular flexibility index (Phi) is 4.03. The van der Waals surface area contributed by atoms with E-state index in [4.69, 9.17) is 4.74 Å². The van der Waals surface area contributed by atoms with Crippen molar-refractivity contribution < 1.29 is 9.53 Å². The minimum Gasteiger partial charge on any atom is -0.402 e. The summed E-state index contributed by atoms with van der Waals surface area (Å²) in [4.78, 5) is 16.2. The number of esters is 1. The van der Waals surface area contributed by atoms with Gasteiger partial charge in [0.2, 0.25) is 5.90 Å². The molecule has 0 atom stereocenters. The summed E-state index contributed by atoms with van der Waals surface area (Å²) in [6, 6.07) is 15.1. The van der Waals surface area contributed by atoms with E-state index in [0.29, 0.717) is 11.6 Å². The Labute approximate surface area is 138 Å². The van der Waals surface area contributed by atoms with Crippen molar-refractivity contribution in [2.24, 2.45) is 4.99 Å². The highest BCUT2D eigenvalue weighted by molar-refractivity contribution is 9.10. The highest BCUT2D eigenvalue weighted by Gasteiger charge is 2.25. The number of hydrogen-bond donors (Lipinski definition) is 0. The second-order valence-electron chi connectivity index (χ2n) is 4.37. The number of hydrogen-bond acceptors (Lipinski definition) is 3. The van der Waals surface area contributed by atoms with Crippen molar-refractivity contribution >= 4 is 49.8 Å². The fourth-order valence-corrected chi connectivity index (χ4v) is 2.78. The van der Waals surface area contributed by atoms with Gasteiger partial charge in [0, 0.05) is 8.95 Å². The smallest absolute Gasteiger partial charge is 0.363 e. The number of aliphatic imine (C=N–C) groups is 1. The first kappa shape index (κ1) is 14.2. The van der Waals surface area contributed by atoms with Gasteiger partial charge in [0.1, 0.15) is 0 Å². The molecule has 0 amide bonds. The van der Waals surface area contributed by atoms with E-state index in [9.17, 15) is 4.79 Å². The first-order chi connectivity index (χ1) is 10.1. The highest BCUT2D eigenvalue weighted by atomic mass is 79.9. The normalized spacial score (nSPS) is 16.0. The van der Waals surface area contributed by atoms with Crippen molar-refractivity contribution in [1.82, 2.24) is 0 Å². The van der Waals surface area contributed by atoms with Gasteiger partial charge in [-0.3, -0.25) is 0 Å². The summed E-state index contributed by atoms with van der Waals surface area (Å²) in [6.45, 7) is 0. The monoisotopic (exact) mass is 405 g/mol. The van der Waals surface area contributed by atoms with Gasteiger partial charge in [-0.2, -0.15) is 0 Å². The summed E-state index contributed by atoms with van der Waals surface area (Å²) >= 11 is 6.82. The largest absolute Gasteiger partial charge is 0.402 e. The minimum atomic E-state index is -0.444. The lowest BCUT2D eigenvalue weighted by Gasteiger charge is -2.01. The van der Waals surface area contributed by atoms with Gasteiger partial charge in [-0.15, -0.1) is 0 Å². The molecule has 21 heavy (non-hydrogen) atoms. The Bertz CT molecular complexity index is 781. The van der Waals surface area contributed by atoms with E-state index < -0.39 is 5.97 Å². The van der Waals surface area contributed by atoms with E-state index in [1.54, 1.807) is 6.08 Å². The summed E-state index contributed by atoms with van der Waals surface area (Å²) in [5, 5.41) is 0. The highest BCUT2D eigenvalue weighted by Crippen LogP contribution is 2.24. The van der Waals surface area contributed by atoms with Crippen LogP contribution < -0.4 is 0 Å². The lowest BCUT2D eigenvalue weighted by Crippen LogP contribution is -2.05. The molecule has 0 unspecified atom stereocenters. The van der Waals surface area contributed by atoms with Crippen LogP contribution in [0.25, 0.3) is 6.08 Å². The third kappa shape index (κ3) is 3.14. The molecular formula is C16H9Br2NO2. The Hall–Kier alpha value is -1.72. The third-order valence-electron chi connectivity index (χ3n) is 2.88. The number of carbonyl (C=O) groups excluding carboxylic acids is 1. The fraction of sp³-hybridized carbons (Fsp3) is 0. The molecular weight excluding hydrogens is 398 g/mol. The van der Waals surface area contributed by atoms with Gasteiger partial charge >= 0.3 is 5.97 Å². The van der Waals surface area contributed by atoms with Gasteiger partial charge in [0.15, 0.2) is 5.70 Å². The second-order valence-corrected chi connectivity index (χ2v) is 6.14. The molecule has 0 spiro atoms. The third-order valence-corrected chi connectivity index (χ3v) is 4.06. The van der Waals surface area contributed by atoms with Gasteiger partial charge in [0.05, 0.1) is 5.56 Å². The van der Waals surface area contributed by atoms with Crippen LogP contribution in [0.5, 0.6) is 0 Å². The van der Waals surface area contributed by atoms with E-state index in [1.165, 1.54) is 0 Å². The molecule has 3 rings (SSSR count). The SMILES string of the molecule is O=C1OC(c2ccccc2Br)=N/C1=C/c1cccc(Br)c1. The minimum absolute atomic E-state index is 0.291. The van der Waals surface area contributed by atoms with Crippen molar-refractivity contribution in [2.75, 3.05) is 0 Å². The number of nitrogens with zero attached hydrogens (tertiary/aromatic N) is 1. The predicted molar refractivity (Wildman–Crippen MR) is 88.9 cm³/mol. The quantitative estimate of drug-likeness (QED) is 0.541. The molecule has 0 aliphatic carbocycles. The Morgan fingerprint density at radius 3 is 2.62 bits per heavy atom. The number of rotatable bonds is 2. The van der Waals surface area contributed by atoms with Crippen LogP contribution in [0, 0.1) is 0 Å². The van der Waals surface area contributed by atoms with Crippen molar-refractivity contribution in [1.29, 1.82) is 0 Å². The predicted octanol–water partition coefficient (Wildman–Crippen LogP) is 4.56. The number of benzene rings is 2. The zero-order valence-corrected chi connectivity index (χ0v) is 13.9. The van der Waals surface area contributed by atoms with Crippen LogP contribution in [0.2, 0.25) is 0 Å². The van der Waals surface area contributed by atoms with Gasteiger partial charge < -0.3 is 4.74 Å². The van der Waals surface area contributed by atoms with Crippen LogP contribution in [0.3, 0.4) is 0 Å². The Morgan fingerprint density at radius 2 is 1.86 bits per heavy atom. The summed E-state index contributed by atoms with van der Waals surface area (Å²) in [5.74, 6) is -0.130. The maximum absolute atomic E-state index is 11.9. The van der Waals surface area contributed by atoms with Gasteiger partial charge in [0.25, 0.3) is 0 Å². The number of carbonyl (C=O) groups is 1. The molecule has 3 nitrogen and oxygen atoms in total. The van der Waals surface area contributed by atoms with Crippen molar-refractivity contribution in [2.45, 2.75) is 0 Å². The first-order valence-electron chi connectivity index (χ1n) is 6.16. The van der Waals surface area contributed by atoms with E-state index in [-0.39, 0.29) is 0 Å². The van der Waals surface area contributed by atoms with Crippen LogP contribution in [0.15, 0.2) is 68.2 Å². The van der Waals surface area contributed by atoms with Gasteiger partial charge in [-0.1, -0.05) is 40.2 Å². The molecule has 0 fully saturated rings. The molecule has 0 N–H and O–H groups in total. The zero-order chi connectivity index (χ0) is 14.8. The number of cyclic esters (lactones) is 1. The van der Waals surface area contributed by atoms with E-state index in [2.05, 4.69) is 36.9 Å². The van der Waals surface area contributed by atoms with Crippen LogP contribution in [-0.2, 0) is 9.53 Å². The average molecular weight is 407 g/mol. The molecule has 0 aromatic heterocycles. The topological polar surface area (TPSA) is 38.7 Å². The molecule has 2 aromatic carbocycles. The molecule has 1 aliphatic rings. The summed E-state index contributed by atoms with van der Waals surface area (Å²) in [7, 11) is 0. The molecule has 0 radical (unpaired) electrons. The molecule has 0 saturated heterocycles. The second kappa shape index (κ2) is 5.95. The van der Waals surface area contributed by atoms with Crippen LogP contribution >= 0.6 is 31.9 Å². The lowest BCUT2D eigenvalue weighted by molar-refractivity contribution is -0.129. The lowest BCUT2D eigenvalue weighted by atomic mass is 10.2. The summed E-state index contributed by atoms with van der Waals surface area (Å²) in [5.41, 5.74) is 1.93. The molecule has 104 valence electrons. The van der Waals surface area contributed by atoms with Crippen LogP contribution in [-0.4, -0.2) is 11.9 Å². The number of ether oxygens (including phenoxy) is 1. The molecule has 1 aliphatic heterocycles. The van der Waals surface area contributed by atoms with Crippen molar-refractivity contribution in [3.05, 3.63) is 74.3 Å². The molecule has 1 heterocycles. The molecule has 2 aromatic rings. The molecule has 0 bridgehead atoms. The first-order valence-corrected chi connectivity index (χ1v) is 7.75. The average Bonchev–Trinajstić information content (AvgIpc) is 2.80. The Morgan fingerprint density at radius 1 is 1.05 bits per heavy atom. The van der Waals surface area contributed by atoms with Crippen LogP contribution in [0.1, 0.15) is 11.1 Å². The van der Waals surface area contributed by atoms with Crippen LogP contribution in [0.4, 0.5) is 0 Å². The van der Waals surface area contributed by atoms with Crippen molar-refractivity contribution in [3.63, 3.8) is 0 Å².